The molecule has 0 atom stereocenters. The van der Waals surface area contributed by atoms with E-state index in [2.05, 4.69) is 5.32 Å². The molecule has 1 saturated heterocycles. The number of hydrogen-bond donors (Lipinski definition) is 1. The minimum atomic E-state index is -0.635. The normalized spacial score (nSPS) is 15.0. The van der Waals surface area contributed by atoms with E-state index in [0.29, 0.717) is 28.8 Å². The van der Waals surface area contributed by atoms with Gasteiger partial charge in [-0.1, -0.05) is 6.07 Å². The van der Waals surface area contributed by atoms with Crippen LogP contribution in [-0.2, 0) is 9.59 Å². The van der Waals surface area contributed by atoms with Gasteiger partial charge in [0.2, 0.25) is 5.91 Å². The number of furan rings is 1. The van der Waals surface area contributed by atoms with Gasteiger partial charge in [0.05, 0.1) is 4.91 Å². The second-order valence-electron chi connectivity index (χ2n) is 6.54. The average molecular weight is 440 g/mol. The van der Waals surface area contributed by atoms with E-state index in [0.717, 1.165) is 11.0 Å². The third kappa shape index (κ3) is 4.72. The van der Waals surface area contributed by atoms with Gasteiger partial charge in [0.1, 0.15) is 29.7 Å². The molecule has 4 rings (SSSR count). The van der Waals surface area contributed by atoms with Crippen LogP contribution in [0, 0.1) is 11.6 Å². The van der Waals surface area contributed by atoms with Gasteiger partial charge < -0.3 is 9.73 Å². The topological polar surface area (TPSA) is 79.6 Å². The maximum absolute atomic E-state index is 13.2. The zero-order valence-corrected chi connectivity index (χ0v) is 16.6. The van der Waals surface area contributed by atoms with E-state index >= 15 is 0 Å². The molecule has 1 fully saturated rings. The number of rotatable bonds is 5. The minimum Gasteiger partial charge on any atom is -0.457 e. The lowest BCUT2D eigenvalue weighted by Gasteiger charge is -2.12. The van der Waals surface area contributed by atoms with Crippen LogP contribution in [0.5, 0.6) is 0 Å². The fourth-order valence-electron chi connectivity index (χ4n) is 2.88. The van der Waals surface area contributed by atoms with Crippen molar-refractivity contribution in [1.29, 1.82) is 0 Å². The third-order valence-corrected chi connectivity index (χ3v) is 5.22. The Hall–Kier alpha value is -3.72. The quantitative estimate of drug-likeness (QED) is 0.571. The van der Waals surface area contributed by atoms with Crippen molar-refractivity contribution in [3.8, 4) is 11.3 Å². The van der Waals surface area contributed by atoms with Crippen LogP contribution in [0.2, 0.25) is 0 Å². The van der Waals surface area contributed by atoms with Gasteiger partial charge in [0.25, 0.3) is 11.1 Å². The summed E-state index contributed by atoms with van der Waals surface area (Å²) < 4.78 is 31.9. The van der Waals surface area contributed by atoms with Gasteiger partial charge in [-0.2, -0.15) is 0 Å². The van der Waals surface area contributed by atoms with E-state index in [4.69, 9.17) is 4.42 Å². The predicted molar refractivity (Wildman–Crippen MR) is 112 cm³/mol. The molecule has 0 aliphatic carbocycles. The second-order valence-corrected chi connectivity index (χ2v) is 7.53. The van der Waals surface area contributed by atoms with Crippen LogP contribution in [0.3, 0.4) is 0 Å². The van der Waals surface area contributed by atoms with Gasteiger partial charge in [0.15, 0.2) is 0 Å². The summed E-state index contributed by atoms with van der Waals surface area (Å²) in [6, 6.07) is 14.3. The number of amides is 3. The molecule has 1 aliphatic rings. The van der Waals surface area contributed by atoms with Crippen LogP contribution in [0.1, 0.15) is 5.76 Å². The Morgan fingerprint density at radius 1 is 1.03 bits per heavy atom. The largest absolute Gasteiger partial charge is 0.457 e. The van der Waals surface area contributed by atoms with Crippen LogP contribution in [0.25, 0.3) is 17.4 Å². The van der Waals surface area contributed by atoms with Crippen LogP contribution >= 0.6 is 11.8 Å². The maximum atomic E-state index is 13.2. The standard InChI is InChI=1S/C22H14F2N2O4S/c23-14-6-4-13(5-7-14)18-9-8-17(30-18)11-19-21(28)26(22(29)31-19)12-20(27)25-16-3-1-2-15(24)10-16/h1-11H,12H2,(H,25,27)/b19-11+. The van der Waals surface area contributed by atoms with Gasteiger partial charge in [0, 0.05) is 17.3 Å². The molecule has 0 spiro atoms. The minimum absolute atomic E-state index is 0.101. The van der Waals surface area contributed by atoms with Crippen LogP contribution in [0.15, 0.2) is 70.0 Å². The Morgan fingerprint density at radius 3 is 2.55 bits per heavy atom. The van der Waals surface area contributed by atoms with E-state index in [1.807, 2.05) is 0 Å². The number of carbonyl (C=O) groups is 3. The number of hydrogen-bond acceptors (Lipinski definition) is 5. The summed E-state index contributed by atoms with van der Waals surface area (Å²) in [7, 11) is 0. The lowest BCUT2D eigenvalue weighted by molar-refractivity contribution is -0.127. The SMILES string of the molecule is O=C(CN1C(=O)S/C(=C/c2ccc(-c3ccc(F)cc3)o2)C1=O)Nc1cccc(F)c1. The fourth-order valence-corrected chi connectivity index (χ4v) is 3.69. The molecule has 3 aromatic rings. The van der Waals surface area contributed by atoms with Crippen molar-refractivity contribution in [1.82, 2.24) is 4.90 Å². The monoisotopic (exact) mass is 440 g/mol. The molecule has 1 aliphatic heterocycles. The van der Waals surface area contributed by atoms with Gasteiger partial charge in [-0.05, 0) is 66.4 Å². The van der Waals surface area contributed by atoms with Gasteiger partial charge in [-0.3, -0.25) is 19.3 Å². The highest BCUT2D eigenvalue weighted by molar-refractivity contribution is 8.18. The van der Waals surface area contributed by atoms with Crippen molar-refractivity contribution in [2.45, 2.75) is 0 Å². The van der Waals surface area contributed by atoms with E-state index in [9.17, 15) is 23.2 Å². The summed E-state index contributed by atoms with van der Waals surface area (Å²) >= 11 is 0.683. The van der Waals surface area contributed by atoms with Gasteiger partial charge in [-0.15, -0.1) is 0 Å². The van der Waals surface area contributed by atoms with E-state index in [1.54, 1.807) is 24.3 Å². The van der Waals surface area contributed by atoms with Crippen molar-refractivity contribution in [3.05, 3.63) is 83.0 Å². The number of nitrogens with zero attached hydrogens (tertiary/aromatic N) is 1. The smallest absolute Gasteiger partial charge is 0.294 e. The maximum Gasteiger partial charge on any atom is 0.294 e. The second kappa shape index (κ2) is 8.57. The number of benzene rings is 2. The zero-order valence-electron chi connectivity index (χ0n) is 15.8. The molecule has 9 heteroatoms. The van der Waals surface area contributed by atoms with Crippen molar-refractivity contribution < 1.29 is 27.6 Å². The molecule has 3 amide bonds. The Bertz CT molecular complexity index is 1200. The summed E-state index contributed by atoms with van der Waals surface area (Å²) in [5.41, 5.74) is 0.875. The number of imide groups is 1. The molecule has 1 aromatic heterocycles. The third-order valence-electron chi connectivity index (χ3n) is 4.31. The summed E-state index contributed by atoms with van der Waals surface area (Å²) in [5.74, 6) is -1.36. The summed E-state index contributed by atoms with van der Waals surface area (Å²) in [5, 5.41) is 1.84. The van der Waals surface area contributed by atoms with Gasteiger partial charge >= 0.3 is 0 Å². The Balaban J connectivity index is 1.45. The molecule has 156 valence electrons. The fraction of sp³-hybridized carbons (Fsp3) is 0.0455. The lowest BCUT2D eigenvalue weighted by Crippen LogP contribution is -2.36. The highest BCUT2D eigenvalue weighted by Crippen LogP contribution is 2.33. The molecule has 2 heterocycles. The average Bonchev–Trinajstić information content (AvgIpc) is 3.29. The van der Waals surface area contributed by atoms with Crippen molar-refractivity contribution in [2.24, 2.45) is 0 Å². The van der Waals surface area contributed by atoms with E-state index in [-0.39, 0.29) is 16.4 Å². The number of anilines is 1. The summed E-state index contributed by atoms with van der Waals surface area (Å²) in [6.45, 7) is -0.502. The summed E-state index contributed by atoms with van der Waals surface area (Å²) in [4.78, 5) is 37.8. The summed E-state index contributed by atoms with van der Waals surface area (Å²) in [6.07, 6.45) is 1.41. The molecular weight excluding hydrogens is 426 g/mol. The molecule has 0 saturated carbocycles. The first-order valence-corrected chi connectivity index (χ1v) is 9.87. The van der Waals surface area contributed by atoms with Gasteiger partial charge in [-0.25, -0.2) is 8.78 Å². The Morgan fingerprint density at radius 2 is 1.81 bits per heavy atom. The molecule has 31 heavy (non-hydrogen) atoms. The molecule has 0 radical (unpaired) electrons. The van der Waals surface area contributed by atoms with Crippen molar-refractivity contribution in [2.75, 3.05) is 11.9 Å². The lowest BCUT2D eigenvalue weighted by atomic mass is 10.2. The van der Waals surface area contributed by atoms with E-state index in [1.165, 1.54) is 36.4 Å². The highest BCUT2D eigenvalue weighted by Gasteiger charge is 2.36. The number of halogens is 2. The van der Waals surface area contributed by atoms with Crippen molar-refractivity contribution in [3.63, 3.8) is 0 Å². The Kier molecular flexibility index (Phi) is 5.68. The van der Waals surface area contributed by atoms with Crippen LogP contribution in [-0.4, -0.2) is 28.5 Å². The molecule has 2 aromatic carbocycles. The zero-order chi connectivity index (χ0) is 22.0. The van der Waals surface area contributed by atoms with Crippen LogP contribution < -0.4 is 5.32 Å². The first-order valence-electron chi connectivity index (χ1n) is 9.05. The molecule has 0 unspecified atom stereocenters. The molecular formula is C22H14F2N2O4S. The number of nitrogens with one attached hydrogen (secondary N) is 1. The first-order chi connectivity index (χ1) is 14.9. The van der Waals surface area contributed by atoms with Crippen LogP contribution in [0.4, 0.5) is 19.3 Å². The first kappa shape index (κ1) is 20.5. The predicted octanol–water partition coefficient (Wildman–Crippen LogP) is 4.90. The van der Waals surface area contributed by atoms with E-state index < -0.39 is 29.4 Å². The Labute approximate surface area is 179 Å². The highest BCUT2D eigenvalue weighted by atomic mass is 32.2. The number of thioether (sulfide) groups is 1. The van der Waals surface area contributed by atoms with Crippen molar-refractivity contribution >= 4 is 40.6 Å². The molecule has 6 nitrogen and oxygen atoms in total. The number of carbonyl (C=O) groups excluding carboxylic acids is 3. The molecule has 1 N–H and O–H groups in total. The molecule has 0 bridgehead atoms.